The van der Waals surface area contributed by atoms with E-state index in [9.17, 15) is 18.0 Å². The van der Waals surface area contributed by atoms with Gasteiger partial charge in [0.2, 0.25) is 6.41 Å². The van der Waals surface area contributed by atoms with Gasteiger partial charge in [0.25, 0.3) is 5.82 Å². The zero-order valence-corrected chi connectivity index (χ0v) is 17.6. The van der Waals surface area contributed by atoms with Crippen molar-refractivity contribution in [2.45, 2.75) is 26.2 Å². The lowest BCUT2D eigenvalue weighted by atomic mass is 10.2. The standard InChI is InChI=1S/C19H19F3N7O.CH2O2/c1-3-29-14-8-11(19(20,21)22)4-5-13(14)27(2)15(29)9-28(10-30)18-16(23)26-17-12(25-18)6-7-24-17;2-1-3/h4-8,10H,3,9H2,1-2H3,(H3,23,24,26);1H,(H,2,3)/q+1;/p-1. The van der Waals surface area contributed by atoms with Crippen LogP contribution in [-0.4, -0.2) is 32.4 Å². The van der Waals surface area contributed by atoms with Gasteiger partial charge in [0.1, 0.15) is 12.1 Å². The fraction of sp³-hybridized carbons (Fsp3) is 0.250. The van der Waals surface area contributed by atoms with E-state index >= 15 is 0 Å². The largest absolute Gasteiger partial charge is 0.554 e. The molecular formula is C20H20F3N7O3. The highest BCUT2D eigenvalue weighted by Gasteiger charge is 2.33. The van der Waals surface area contributed by atoms with Crippen LogP contribution in [0.2, 0.25) is 0 Å². The van der Waals surface area contributed by atoms with Gasteiger partial charge in [-0.15, -0.1) is 0 Å². The molecule has 13 heteroatoms. The Morgan fingerprint density at radius 1 is 1.27 bits per heavy atom. The molecule has 33 heavy (non-hydrogen) atoms. The molecule has 0 aliphatic carbocycles. The van der Waals surface area contributed by atoms with Crippen molar-refractivity contribution in [3.8, 4) is 0 Å². The molecule has 0 spiro atoms. The van der Waals surface area contributed by atoms with Crippen LogP contribution in [0.25, 0.3) is 22.2 Å². The third-order valence-corrected chi connectivity index (χ3v) is 5.07. The summed E-state index contributed by atoms with van der Waals surface area (Å²) >= 11 is 0. The molecule has 0 atom stereocenters. The zero-order valence-electron chi connectivity index (χ0n) is 17.6. The number of alkyl halides is 3. The lowest BCUT2D eigenvalue weighted by Crippen LogP contribution is -2.38. The van der Waals surface area contributed by atoms with Crippen molar-refractivity contribution in [1.82, 2.24) is 19.5 Å². The highest BCUT2D eigenvalue weighted by atomic mass is 19.4. The summed E-state index contributed by atoms with van der Waals surface area (Å²) in [5.74, 6) is 0.869. The van der Waals surface area contributed by atoms with Gasteiger partial charge in [-0.25, -0.2) is 19.1 Å². The minimum absolute atomic E-state index is 0.0542. The molecule has 0 radical (unpaired) electrons. The summed E-state index contributed by atoms with van der Waals surface area (Å²) in [6, 6.07) is 5.30. The van der Waals surface area contributed by atoms with E-state index in [4.69, 9.17) is 15.6 Å². The minimum Gasteiger partial charge on any atom is -0.554 e. The highest BCUT2D eigenvalue weighted by Crippen LogP contribution is 2.31. The molecule has 10 nitrogen and oxygen atoms in total. The Labute approximate surface area is 185 Å². The molecule has 0 aliphatic rings. The molecule has 1 aromatic carbocycles. The maximum absolute atomic E-state index is 13.2. The van der Waals surface area contributed by atoms with Gasteiger partial charge in [-0.05, 0) is 25.1 Å². The first-order valence-corrected chi connectivity index (χ1v) is 9.62. The average molecular weight is 463 g/mol. The molecule has 3 heterocycles. The molecule has 4 rings (SSSR count). The third kappa shape index (κ3) is 4.42. The van der Waals surface area contributed by atoms with Gasteiger partial charge in [-0.1, -0.05) is 0 Å². The van der Waals surface area contributed by atoms with E-state index in [0.717, 1.165) is 12.1 Å². The second-order valence-electron chi connectivity index (χ2n) is 6.89. The first kappa shape index (κ1) is 23.5. The predicted octanol–water partition coefficient (Wildman–Crippen LogP) is 0.887. The Kier molecular flexibility index (Phi) is 6.51. The fourth-order valence-corrected chi connectivity index (χ4v) is 3.60. The Morgan fingerprint density at radius 2 is 1.97 bits per heavy atom. The van der Waals surface area contributed by atoms with Crippen LogP contribution >= 0.6 is 0 Å². The molecule has 0 aliphatic heterocycles. The number of nitrogens with two attached hydrogens (primary N) is 1. The van der Waals surface area contributed by atoms with Crippen molar-refractivity contribution in [3.63, 3.8) is 0 Å². The number of carboxylic acid groups (broad SMARTS) is 1. The van der Waals surface area contributed by atoms with Crippen LogP contribution in [0.3, 0.4) is 0 Å². The number of aryl methyl sites for hydroxylation is 2. The molecule has 3 aromatic heterocycles. The van der Waals surface area contributed by atoms with E-state index < -0.39 is 18.2 Å². The van der Waals surface area contributed by atoms with Crippen LogP contribution in [0.5, 0.6) is 0 Å². The highest BCUT2D eigenvalue weighted by molar-refractivity contribution is 5.84. The number of hydrogen-bond donors (Lipinski definition) is 2. The van der Waals surface area contributed by atoms with Crippen molar-refractivity contribution in [3.05, 3.63) is 41.9 Å². The summed E-state index contributed by atoms with van der Waals surface area (Å²) in [6.07, 6.45) is -2.20. The Bertz CT molecular complexity index is 1310. The number of nitrogen functional groups attached to an aromatic ring is 1. The Balaban J connectivity index is 0.000000968. The van der Waals surface area contributed by atoms with Crippen molar-refractivity contribution in [2.24, 2.45) is 7.05 Å². The number of nitrogens with zero attached hydrogens (tertiary/aromatic N) is 5. The molecule has 0 fully saturated rings. The van der Waals surface area contributed by atoms with Gasteiger partial charge in [0.15, 0.2) is 28.3 Å². The van der Waals surface area contributed by atoms with Gasteiger partial charge in [0, 0.05) is 18.7 Å². The van der Waals surface area contributed by atoms with Gasteiger partial charge >= 0.3 is 6.18 Å². The minimum atomic E-state index is -4.44. The molecule has 1 amide bonds. The van der Waals surface area contributed by atoms with E-state index in [0.29, 0.717) is 41.0 Å². The fourth-order valence-electron chi connectivity index (χ4n) is 3.60. The average Bonchev–Trinajstić information content (AvgIpc) is 3.32. The number of aromatic nitrogens is 5. The van der Waals surface area contributed by atoms with E-state index in [2.05, 4.69) is 15.0 Å². The van der Waals surface area contributed by atoms with Crippen molar-refractivity contribution in [1.29, 1.82) is 0 Å². The topological polar surface area (TPSA) is 137 Å². The number of benzene rings is 1. The number of hydrogen-bond acceptors (Lipinski definition) is 6. The van der Waals surface area contributed by atoms with Gasteiger partial charge < -0.3 is 20.6 Å². The van der Waals surface area contributed by atoms with E-state index in [1.165, 1.54) is 11.0 Å². The lowest BCUT2D eigenvalue weighted by Gasteiger charge is -2.16. The van der Waals surface area contributed by atoms with Crippen LogP contribution in [0.15, 0.2) is 30.5 Å². The van der Waals surface area contributed by atoms with Crippen molar-refractivity contribution < 1.29 is 32.4 Å². The number of carbonyl (C=O) groups excluding carboxylic acids is 2. The molecule has 0 unspecified atom stereocenters. The number of fused-ring (bicyclic) bond motifs is 2. The number of amides is 1. The molecule has 0 saturated heterocycles. The molecule has 174 valence electrons. The molecule has 3 N–H and O–H groups in total. The number of anilines is 2. The van der Waals surface area contributed by atoms with Crippen molar-refractivity contribution >= 4 is 46.7 Å². The molecular weight excluding hydrogens is 443 g/mol. The number of aromatic amines is 1. The first-order valence-electron chi connectivity index (χ1n) is 9.62. The lowest BCUT2D eigenvalue weighted by molar-refractivity contribution is -0.653. The quantitative estimate of drug-likeness (QED) is 0.333. The van der Waals surface area contributed by atoms with E-state index in [-0.39, 0.29) is 18.2 Å². The summed E-state index contributed by atoms with van der Waals surface area (Å²) < 4.78 is 43.1. The first-order chi connectivity index (χ1) is 15.7. The summed E-state index contributed by atoms with van der Waals surface area (Å²) in [4.78, 5) is 32.9. The molecule has 4 aromatic rings. The van der Waals surface area contributed by atoms with Crippen LogP contribution in [0.1, 0.15) is 18.3 Å². The number of halogens is 3. The van der Waals surface area contributed by atoms with Gasteiger partial charge in [-0.2, -0.15) is 13.2 Å². The van der Waals surface area contributed by atoms with Gasteiger partial charge in [0.05, 0.1) is 19.2 Å². The summed E-state index contributed by atoms with van der Waals surface area (Å²) in [7, 11) is 1.74. The van der Waals surface area contributed by atoms with Crippen molar-refractivity contribution in [2.75, 3.05) is 10.6 Å². The Morgan fingerprint density at radius 3 is 2.58 bits per heavy atom. The SMILES string of the molecule is CCn1c(CN(C=O)c2nc3cc[nH]c3nc2N)[n+](C)c2ccc(C(F)(F)F)cc21.O=C[O-]. The maximum Gasteiger partial charge on any atom is 0.416 e. The van der Waals surface area contributed by atoms with Crippen LogP contribution in [0.4, 0.5) is 24.8 Å². The second-order valence-corrected chi connectivity index (χ2v) is 6.89. The smallest absolute Gasteiger partial charge is 0.416 e. The summed E-state index contributed by atoms with van der Waals surface area (Å²) in [5, 5.41) is 8.25. The maximum atomic E-state index is 13.2. The van der Waals surface area contributed by atoms with Gasteiger partial charge in [-0.3, -0.25) is 9.69 Å². The number of nitrogens with one attached hydrogen (secondary N) is 1. The van der Waals surface area contributed by atoms with Crippen LogP contribution in [0, 0.1) is 0 Å². The summed E-state index contributed by atoms with van der Waals surface area (Å²) in [6.45, 7) is 1.80. The number of rotatable bonds is 5. The predicted molar refractivity (Wildman–Crippen MR) is 110 cm³/mol. The number of carbonyl (C=O) groups is 2. The second kappa shape index (κ2) is 9.14. The number of imidazole rings is 1. The van der Waals surface area contributed by atoms with E-state index in [1.807, 2.05) is 6.92 Å². The number of H-pyrrole nitrogens is 1. The molecule has 0 bridgehead atoms. The summed E-state index contributed by atoms with van der Waals surface area (Å²) in [5.41, 5.74) is 7.35. The monoisotopic (exact) mass is 463 g/mol. The normalized spacial score (nSPS) is 11.3. The zero-order chi connectivity index (χ0) is 24.3. The molecule has 0 saturated carbocycles. The van der Waals surface area contributed by atoms with E-state index in [1.54, 1.807) is 28.4 Å². The van der Waals surface area contributed by atoms with Crippen LogP contribution in [-0.2, 0) is 35.9 Å². The van der Waals surface area contributed by atoms with Crippen LogP contribution < -0.4 is 20.3 Å². The third-order valence-electron chi connectivity index (χ3n) is 5.07. The Hall–Kier alpha value is -4.16.